The zero-order valence-corrected chi connectivity index (χ0v) is 12.2. The number of nitrogens with zero attached hydrogens (tertiary/aromatic N) is 3. The number of hydrogen-bond donors (Lipinski definition) is 1. The molecule has 0 saturated heterocycles. The van der Waals surface area contributed by atoms with Crippen LogP contribution < -0.4 is 10.1 Å². The van der Waals surface area contributed by atoms with Gasteiger partial charge in [0.15, 0.2) is 11.6 Å². The number of aromatic nitrogens is 3. The molecule has 1 amide bonds. The fourth-order valence-electron chi connectivity index (χ4n) is 2.05. The zero-order valence-electron chi connectivity index (χ0n) is 12.2. The number of halogens is 1. The first-order chi connectivity index (χ1) is 11.2. The molecule has 3 rings (SSSR count). The number of methoxy groups -OCH3 is 1. The Bertz CT molecular complexity index is 817. The summed E-state index contributed by atoms with van der Waals surface area (Å²) in [6.07, 6.45) is 3.02. The lowest BCUT2D eigenvalue weighted by Gasteiger charge is -2.08. The van der Waals surface area contributed by atoms with E-state index in [0.717, 1.165) is 11.8 Å². The van der Waals surface area contributed by atoms with E-state index in [0.29, 0.717) is 5.69 Å². The van der Waals surface area contributed by atoms with E-state index in [1.165, 1.54) is 25.6 Å². The Morgan fingerprint density at radius 3 is 2.61 bits per heavy atom. The number of carbonyl (C=O) groups is 1. The van der Waals surface area contributed by atoms with Gasteiger partial charge in [-0.25, -0.2) is 14.1 Å². The number of anilines is 1. The largest absolute Gasteiger partial charge is 0.494 e. The van der Waals surface area contributed by atoms with Crippen molar-refractivity contribution in [3.63, 3.8) is 0 Å². The molecule has 1 aromatic heterocycles. The van der Waals surface area contributed by atoms with Crippen molar-refractivity contribution in [2.24, 2.45) is 0 Å². The van der Waals surface area contributed by atoms with Gasteiger partial charge in [-0.1, -0.05) is 0 Å². The highest BCUT2D eigenvalue weighted by molar-refractivity contribution is 6.04. The Morgan fingerprint density at radius 1 is 1.22 bits per heavy atom. The predicted octanol–water partition coefficient (Wildman–Crippen LogP) is 2.67. The van der Waals surface area contributed by atoms with Gasteiger partial charge < -0.3 is 10.1 Å². The minimum Gasteiger partial charge on any atom is -0.494 e. The third-order valence-corrected chi connectivity index (χ3v) is 3.22. The van der Waals surface area contributed by atoms with Crippen molar-refractivity contribution in [2.45, 2.75) is 0 Å². The molecule has 3 aromatic rings. The maximum Gasteiger partial charge on any atom is 0.255 e. The minimum absolute atomic E-state index is 0.0961. The molecule has 0 unspecified atom stereocenters. The van der Waals surface area contributed by atoms with E-state index in [9.17, 15) is 9.18 Å². The fraction of sp³-hybridized carbons (Fsp3) is 0.0625. The van der Waals surface area contributed by atoms with E-state index in [1.807, 2.05) is 0 Å². The zero-order chi connectivity index (χ0) is 16.2. The molecule has 0 spiro atoms. The summed E-state index contributed by atoms with van der Waals surface area (Å²) in [7, 11) is 1.37. The SMILES string of the molecule is COc1ccc(C(=O)Nc2ccc(-n3cncn3)cc2)cc1F. The van der Waals surface area contributed by atoms with Crippen molar-refractivity contribution < 1.29 is 13.9 Å². The topological polar surface area (TPSA) is 69.0 Å². The Balaban J connectivity index is 1.74. The van der Waals surface area contributed by atoms with Crippen LogP contribution in [0.5, 0.6) is 5.75 Å². The molecular formula is C16H13FN4O2. The number of carbonyl (C=O) groups excluding carboxylic acids is 1. The lowest BCUT2D eigenvalue weighted by Crippen LogP contribution is -2.12. The van der Waals surface area contributed by atoms with Gasteiger partial charge in [0.25, 0.3) is 5.91 Å². The highest BCUT2D eigenvalue weighted by Crippen LogP contribution is 2.19. The van der Waals surface area contributed by atoms with Gasteiger partial charge in [0, 0.05) is 11.3 Å². The van der Waals surface area contributed by atoms with Crippen molar-refractivity contribution in [3.05, 3.63) is 66.5 Å². The molecule has 1 heterocycles. The van der Waals surface area contributed by atoms with Gasteiger partial charge in [0.05, 0.1) is 12.8 Å². The second-order valence-electron chi connectivity index (χ2n) is 4.69. The highest BCUT2D eigenvalue weighted by Gasteiger charge is 2.10. The molecule has 0 aliphatic heterocycles. The molecule has 0 radical (unpaired) electrons. The van der Waals surface area contributed by atoms with Crippen molar-refractivity contribution in [1.29, 1.82) is 0 Å². The summed E-state index contributed by atoms with van der Waals surface area (Å²) in [6.45, 7) is 0. The van der Waals surface area contributed by atoms with Gasteiger partial charge in [0.1, 0.15) is 12.7 Å². The van der Waals surface area contributed by atoms with Crippen molar-refractivity contribution in [3.8, 4) is 11.4 Å². The van der Waals surface area contributed by atoms with Crippen molar-refractivity contribution in [2.75, 3.05) is 12.4 Å². The van der Waals surface area contributed by atoms with Gasteiger partial charge in [-0.3, -0.25) is 4.79 Å². The van der Waals surface area contributed by atoms with E-state index < -0.39 is 11.7 Å². The molecule has 7 heteroatoms. The molecule has 6 nitrogen and oxygen atoms in total. The summed E-state index contributed by atoms with van der Waals surface area (Å²) in [5.74, 6) is -0.888. The summed E-state index contributed by atoms with van der Waals surface area (Å²) < 4.78 is 20.1. The first-order valence-corrected chi connectivity index (χ1v) is 6.77. The molecule has 0 atom stereocenters. The van der Waals surface area contributed by atoms with E-state index in [-0.39, 0.29) is 11.3 Å². The summed E-state index contributed by atoms with van der Waals surface area (Å²) in [4.78, 5) is 16.0. The number of ether oxygens (including phenoxy) is 1. The number of hydrogen-bond acceptors (Lipinski definition) is 4. The van der Waals surface area contributed by atoms with Crippen LogP contribution in [0.25, 0.3) is 5.69 Å². The number of amides is 1. The van der Waals surface area contributed by atoms with Crippen molar-refractivity contribution in [1.82, 2.24) is 14.8 Å². The minimum atomic E-state index is -0.582. The average Bonchev–Trinajstić information content (AvgIpc) is 3.10. The van der Waals surface area contributed by atoms with Crippen LogP contribution in [0, 0.1) is 5.82 Å². The molecule has 0 fully saturated rings. The van der Waals surface area contributed by atoms with Crippen LogP contribution in [0.1, 0.15) is 10.4 Å². The maximum absolute atomic E-state index is 13.6. The standard InChI is InChI=1S/C16H13FN4O2/c1-23-15-7-2-11(8-14(15)17)16(22)20-12-3-5-13(6-4-12)21-10-18-9-19-21/h2-10H,1H3,(H,20,22). The van der Waals surface area contributed by atoms with Crippen LogP contribution in [0.2, 0.25) is 0 Å². The second kappa shape index (κ2) is 6.27. The number of nitrogens with one attached hydrogen (secondary N) is 1. The number of benzene rings is 2. The molecule has 0 aliphatic rings. The summed E-state index contributed by atoms with van der Waals surface area (Å²) in [5, 5.41) is 6.72. The van der Waals surface area contributed by atoms with Gasteiger partial charge in [-0.15, -0.1) is 0 Å². The second-order valence-corrected chi connectivity index (χ2v) is 4.69. The van der Waals surface area contributed by atoms with E-state index in [2.05, 4.69) is 15.4 Å². The van der Waals surface area contributed by atoms with Gasteiger partial charge in [0.2, 0.25) is 0 Å². The summed E-state index contributed by atoms with van der Waals surface area (Å²) >= 11 is 0. The van der Waals surface area contributed by atoms with E-state index in [4.69, 9.17) is 4.74 Å². The van der Waals surface area contributed by atoms with Crippen LogP contribution >= 0.6 is 0 Å². The molecule has 0 aliphatic carbocycles. The quantitative estimate of drug-likeness (QED) is 0.804. The maximum atomic E-state index is 13.6. The molecule has 0 bridgehead atoms. The molecule has 116 valence electrons. The average molecular weight is 312 g/mol. The summed E-state index contributed by atoms with van der Waals surface area (Å²) in [6, 6.07) is 11.1. The molecule has 23 heavy (non-hydrogen) atoms. The molecule has 2 aromatic carbocycles. The lowest BCUT2D eigenvalue weighted by atomic mass is 10.2. The Hall–Kier alpha value is -3.22. The van der Waals surface area contributed by atoms with Crippen LogP contribution in [0.15, 0.2) is 55.1 Å². The smallest absolute Gasteiger partial charge is 0.255 e. The van der Waals surface area contributed by atoms with E-state index >= 15 is 0 Å². The third kappa shape index (κ3) is 3.18. The van der Waals surface area contributed by atoms with Crippen LogP contribution in [0.4, 0.5) is 10.1 Å². The Labute approximate surface area is 131 Å². The third-order valence-electron chi connectivity index (χ3n) is 3.22. The number of rotatable bonds is 4. The lowest BCUT2D eigenvalue weighted by molar-refractivity contribution is 0.102. The van der Waals surface area contributed by atoms with Crippen LogP contribution in [0.3, 0.4) is 0 Å². The van der Waals surface area contributed by atoms with Crippen molar-refractivity contribution >= 4 is 11.6 Å². The first-order valence-electron chi connectivity index (χ1n) is 6.77. The van der Waals surface area contributed by atoms with Crippen LogP contribution in [-0.2, 0) is 0 Å². The Kier molecular flexibility index (Phi) is 4.01. The molecule has 0 saturated carbocycles. The predicted molar refractivity (Wildman–Crippen MR) is 82.3 cm³/mol. The monoisotopic (exact) mass is 312 g/mol. The van der Waals surface area contributed by atoms with Gasteiger partial charge in [-0.2, -0.15) is 5.10 Å². The molecular weight excluding hydrogens is 299 g/mol. The highest BCUT2D eigenvalue weighted by atomic mass is 19.1. The van der Waals surface area contributed by atoms with Gasteiger partial charge in [-0.05, 0) is 42.5 Å². The summed E-state index contributed by atoms with van der Waals surface area (Å²) in [5.41, 5.74) is 1.62. The van der Waals surface area contributed by atoms with E-state index in [1.54, 1.807) is 35.3 Å². The first kappa shape index (κ1) is 14.7. The Morgan fingerprint density at radius 2 is 2.00 bits per heavy atom. The van der Waals surface area contributed by atoms with Gasteiger partial charge >= 0.3 is 0 Å². The van der Waals surface area contributed by atoms with Crippen LogP contribution in [-0.4, -0.2) is 27.8 Å². The normalized spacial score (nSPS) is 10.3. The molecule has 1 N–H and O–H groups in total. The fourth-order valence-corrected chi connectivity index (χ4v) is 2.05.